The normalized spacial score (nSPS) is 15.0. The Hall–Kier alpha value is -0.410. The van der Waals surface area contributed by atoms with Gasteiger partial charge < -0.3 is 5.32 Å². The van der Waals surface area contributed by atoms with Gasteiger partial charge in [0.05, 0.1) is 5.01 Å². The molecule has 1 heterocycles. The number of nitrogens with zero attached hydrogens (tertiary/aromatic N) is 1. The van der Waals surface area contributed by atoms with Crippen molar-refractivity contribution in [2.75, 3.05) is 6.54 Å². The number of hydrogen-bond donors (Lipinski definition) is 1. The summed E-state index contributed by atoms with van der Waals surface area (Å²) in [6.45, 7) is 9.89. The average Bonchev–Trinajstić information content (AvgIpc) is 2.64. The standard InChI is InChI=1S/C13H24N2S/c1-5-10(3)7-12(14-6-2)8-13-15-11(4)9-16-13/h9-10,12,14H,5-8H2,1-4H3. The van der Waals surface area contributed by atoms with Gasteiger partial charge in [-0.15, -0.1) is 11.3 Å². The van der Waals surface area contributed by atoms with Crippen molar-refractivity contribution < 1.29 is 0 Å². The van der Waals surface area contributed by atoms with Crippen molar-refractivity contribution in [3.63, 3.8) is 0 Å². The zero-order valence-corrected chi connectivity index (χ0v) is 11.7. The van der Waals surface area contributed by atoms with Crippen molar-refractivity contribution in [1.82, 2.24) is 10.3 Å². The van der Waals surface area contributed by atoms with Crippen LogP contribution < -0.4 is 5.32 Å². The number of rotatable bonds is 7. The highest BCUT2D eigenvalue weighted by Gasteiger charge is 2.13. The lowest BCUT2D eigenvalue weighted by molar-refractivity contribution is 0.397. The molecule has 0 fully saturated rings. The van der Waals surface area contributed by atoms with Crippen molar-refractivity contribution in [1.29, 1.82) is 0 Å². The Labute approximate surface area is 103 Å². The molecule has 92 valence electrons. The van der Waals surface area contributed by atoms with Gasteiger partial charge in [-0.25, -0.2) is 4.98 Å². The van der Waals surface area contributed by atoms with Crippen LogP contribution in [0.4, 0.5) is 0 Å². The van der Waals surface area contributed by atoms with E-state index in [2.05, 4.69) is 43.4 Å². The molecule has 0 aliphatic carbocycles. The first-order valence-electron chi connectivity index (χ1n) is 6.30. The van der Waals surface area contributed by atoms with Crippen LogP contribution in [0.5, 0.6) is 0 Å². The lowest BCUT2D eigenvalue weighted by atomic mass is 9.97. The third-order valence-electron chi connectivity index (χ3n) is 2.96. The topological polar surface area (TPSA) is 24.9 Å². The Kier molecular flexibility index (Phi) is 5.99. The van der Waals surface area contributed by atoms with Crippen molar-refractivity contribution in [2.24, 2.45) is 5.92 Å². The quantitative estimate of drug-likeness (QED) is 0.790. The maximum Gasteiger partial charge on any atom is 0.0943 e. The lowest BCUT2D eigenvalue weighted by Gasteiger charge is -2.20. The van der Waals surface area contributed by atoms with Gasteiger partial charge in [0.1, 0.15) is 0 Å². The van der Waals surface area contributed by atoms with Crippen LogP contribution in [0.3, 0.4) is 0 Å². The molecule has 1 rings (SSSR count). The van der Waals surface area contributed by atoms with Crippen molar-refractivity contribution in [3.05, 3.63) is 16.1 Å². The molecule has 0 bridgehead atoms. The van der Waals surface area contributed by atoms with Gasteiger partial charge >= 0.3 is 0 Å². The number of nitrogens with one attached hydrogen (secondary N) is 1. The van der Waals surface area contributed by atoms with Crippen molar-refractivity contribution in [2.45, 2.75) is 53.0 Å². The second-order valence-electron chi connectivity index (χ2n) is 4.59. The minimum atomic E-state index is 0.588. The molecule has 0 saturated heterocycles. The molecule has 16 heavy (non-hydrogen) atoms. The number of thiazole rings is 1. The Balaban J connectivity index is 2.50. The van der Waals surface area contributed by atoms with Gasteiger partial charge in [0.2, 0.25) is 0 Å². The van der Waals surface area contributed by atoms with E-state index < -0.39 is 0 Å². The minimum absolute atomic E-state index is 0.588. The molecule has 2 nitrogen and oxygen atoms in total. The molecule has 0 aromatic carbocycles. The average molecular weight is 240 g/mol. The molecule has 0 aliphatic rings. The third kappa shape index (κ3) is 4.62. The van der Waals surface area contributed by atoms with E-state index in [9.17, 15) is 0 Å². The molecule has 2 atom stereocenters. The van der Waals surface area contributed by atoms with Crippen LogP contribution in [0.2, 0.25) is 0 Å². The van der Waals surface area contributed by atoms with E-state index >= 15 is 0 Å². The van der Waals surface area contributed by atoms with E-state index in [1.54, 1.807) is 11.3 Å². The fraction of sp³-hybridized carbons (Fsp3) is 0.769. The Morgan fingerprint density at radius 2 is 2.19 bits per heavy atom. The number of aromatic nitrogens is 1. The smallest absolute Gasteiger partial charge is 0.0943 e. The van der Waals surface area contributed by atoms with E-state index in [1.807, 2.05) is 0 Å². The zero-order valence-electron chi connectivity index (χ0n) is 10.9. The molecule has 1 aromatic rings. The van der Waals surface area contributed by atoms with Crippen LogP contribution in [0, 0.1) is 12.8 Å². The Morgan fingerprint density at radius 3 is 2.69 bits per heavy atom. The summed E-state index contributed by atoms with van der Waals surface area (Å²) in [5.74, 6) is 0.796. The predicted molar refractivity (Wildman–Crippen MR) is 72.1 cm³/mol. The highest BCUT2D eigenvalue weighted by atomic mass is 32.1. The summed E-state index contributed by atoms with van der Waals surface area (Å²) < 4.78 is 0. The number of hydrogen-bond acceptors (Lipinski definition) is 3. The summed E-state index contributed by atoms with van der Waals surface area (Å²) in [7, 11) is 0. The molecule has 0 spiro atoms. The second-order valence-corrected chi connectivity index (χ2v) is 5.53. The number of aryl methyl sites for hydroxylation is 1. The highest BCUT2D eigenvalue weighted by Crippen LogP contribution is 2.16. The van der Waals surface area contributed by atoms with Crippen molar-refractivity contribution in [3.8, 4) is 0 Å². The third-order valence-corrected chi connectivity index (χ3v) is 3.95. The van der Waals surface area contributed by atoms with E-state index in [-0.39, 0.29) is 0 Å². The van der Waals surface area contributed by atoms with Crippen LogP contribution in [-0.2, 0) is 6.42 Å². The van der Waals surface area contributed by atoms with Gasteiger partial charge in [0.15, 0.2) is 0 Å². The van der Waals surface area contributed by atoms with Crippen LogP contribution in [0.1, 0.15) is 44.3 Å². The van der Waals surface area contributed by atoms with Crippen LogP contribution in [0.25, 0.3) is 0 Å². The molecule has 1 N–H and O–H groups in total. The van der Waals surface area contributed by atoms with Gasteiger partial charge in [-0.05, 0) is 25.8 Å². The van der Waals surface area contributed by atoms with E-state index in [4.69, 9.17) is 0 Å². The monoisotopic (exact) mass is 240 g/mol. The molecule has 2 unspecified atom stereocenters. The summed E-state index contributed by atoms with van der Waals surface area (Å²) in [6, 6.07) is 0.588. The highest BCUT2D eigenvalue weighted by molar-refractivity contribution is 7.09. The van der Waals surface area contributed by atoms with E-state index in [1.165, 1.54) is 17.8 Å². The van der Waals surface area contributed by atoms with E-state index in [0.717, 1.165) is 24.6 Å². The summed E-state index contributed by atoms with van der Waals surface area (Å²) in [6.07, 6.45) is 3.60. The van der Waals surface area contributed by atoms with E-state index in [0.29, 0.717) is 6.04 Å². The van der Waals surface area contributed by atoms with Gasteiger partial charge in [-0.1, -0.05) is 27.2 Å². The second kappa shape index (κ2) is 7.02. The molecule has 0 amide bonds. The first-order valence-corrected chi connectivity index (χ1v) is 7.18. The Morgan fingerprint density at radius 1 is 1.44 bits per heavy atom. The van der Waals surface area contributed by atoms with Gasteiger partial charge in [0.25, 0.3) is 0 Å². The predicted octanol–water partition coefficient (Wildman–Crippen LogP) is 3.41. The van der Waals surface area contributed by atoms with Gasteiger partial charge in [-0.2, -0.15) is 0 Å². The van der Waals surface area contributed by atoms with Crippen LogP contribution in [0.15, 0.2) is 5.38 Å². The Bertz CT molecular complexity index is 296. The SMILES string of the molecule is CCNC(Cc1nc(C)cs1)CC(C)CC. The first-order chi connectivity index (χ1) is 7.65. The molecule has 0 radical (unpaired) electrons. The molecule has 1 aromatic heterocycles. The number of likely N-dealkylation sites (N-methyl/N-ethyl adjacent to an activating group) is 1. The summed E-state index contributed by atoms with van der Waals surface area (Å²) >= 11 is 1.79. The molecule has 0 saturated carbocycles. The van der Waals surface area contributed by atoms with Crippen LogP contribution in [-0.4, -0.2) is 17.6 Å². The first kappa shape index (κ1) is 13.7. The fourth-order valence-electron chi connectivity index (χ4n) is 1.89. The molecule has 0 aliphatic heterocycles. The van der Waals surface area contributed by atoms with Crippen molar-refractivity contribution >= 4 is 11.3 Å². The van der Waals surface area contributed by atoms with Crippen LogP contribution >= 0.6 is 11.3 Å². The summed E-state index contributed by atoms with van der Waals surface area (Å²) in [5, 5.41) is 6.98. The van der Waals surface area contributed by atoms with Gasteiger partial charge in [-0.3, -0.25) is 0 Å². The lowest BCUT2D eigenvalue weighted by Crippen LogP contribution is -2.32. The maximum atomic E-state index is 4.54. The maximum absolute atomic E-state index is 4.54. The molecular weight excluding hydrogens is 216 g/mol. The minimum Gasteiger partial charge on any atom is -0.314 e. The summed E-state index contributed by atoms with van der Waals surface area (Å²) in [4.78, 5) is 4.54. The fourth-order valence-corrected chi connectivity index (χ4v) is 2.74. The van der Waals surface area contributed by atoms with Gasteiger partial charge in [0, 0.05) is 23.5 Å². The zero-order chi connectivity index (χ0) is 12.0. The molecule has 3 heteroatoms. The largest absolute Gasteiger partial charge is 0.314 e. The molecular formula is C13H24N2S. The summed E-state index contributed by atoms with van der Waals surface area (Å²) in [5.41, 5.74) is 1.15.